The summed E-state index contributed by atoms with van der Waals surface area (Å²) in [5.74, 6) is 0.304. The van der Waals surface area contributed by atoms with Crippen LogP contribution in [0.3, 0.4) is 0 Å². The normalized spacial score (nSPS) is 16.9. The van der Waals surface area contributed by atoms with Gasteiger partial charge in [-0.15, -0.1) is 0 Å². The highest BCUT2D eigenvalue weighted by molar-refractivity contribution is 5.94. The van der Waals surface area contributed by atoms with Crippen LogP contribution in [0.15, 0.2) is 84.4 Å². The highest BCUT2D eigenvalue weighted by Crippen LogP contribution is 2.39. The van der Waals surface area contributed by atoms with Crippen molar-refractivity contribution in [1.82, 2.24) is 4.90 Å². The lowest BCUT2D eigenvalue weighted by Gasteiger charge is -2.32. The fourth-order valence-corrected chi connectivity index (χ4v) is 6.41. The molecule has 3 aromatic rings. The molecular weight excluding hydrogens is 460 g/mol. The summed E-state index contributed by atoms with van der Waals surface area (Å²) in [5.41, 5.74) is 9.24. The number of likely N-dealkylation sites (tertiary alicyclic amines) is 1. The zero-order valence-corrected chi connectivity index (χ0v) is 23.0. The Morgan fingerprint density at radius 3 is 1.92 bits per heavy atom. The van der Waals surface area contributed by atoms with Gasteiger partial charge in [0.1, 0.15) is 0 Å². The molecule has 194 valence electrons. The van der Waals surface area contributed by atoms with Gasteiger partial charge >= 0.3 is 0 Å². The summed E-state index contributed by atoms with van der Waals surface area (Å²) in [6, 6.07) is 30.8. The monoisotopic (exact) mass is 500 g/mol. The van der Waals surface area contributed by atoms with E-state index in [2.05, 4.69) is 110 Å². The van der Waals surface area contributed by atoms with Gasteiger partial charge in [0.2, 0.25) is 0 Å². The van der Waals surface area contributed by atoms with Crippen molar-refractivity contribution in [2.45, 2.75) is 57.8 Å². The zero-order chi connectivity index (χ0) is 26.4. The average molecular weight is 501 g/mol. The smallest absolute Gasteiger partial charge is 0.0845 e. The number of nitrogens with zero attached hydrogens (tertiary/aromatic N) is 2. The fourth-order valence-electron chi connectivity index (χ4n) is 6.41. The first-order chi connectivity index (χ1) is 18.6. The largest absolute Gasteiger partial charge is 0.303 e. The number of fused-ring (bicyclic) bond motifs is 2. The van der Waals surface area contributed by atoms with Crippen molar-refractivity contribution in [3.8, 4) is 6.07 Å². The minimum Gasteiger partial charge on any atom is -0.303 e. The Kier molecular flexibility index (Phi) is 8.26. The molecule has 0 saturated carbocycles. The van der Waals surface area contributed by atoms with Crippen molar-refractivity contribution in [3.05, 3.63) is 112 Å². The second-order valence-electron chi connectivity index (χ2n) is 11.2. The van der Waals surface area contributed by atoms with Crippen LogP contribution in [-0.4, -0.2) is 24.5 Å². The third-order valence-electron chi connectivity index (χ3n) is 8.74. The van der Waals surface area contributed by atoms with E-state index in [1.807, 2.05) is 6.07 Å². The van der Waals surface area contributed by atoms with Crippen LogP contribution >= 0.6 is 0 Å². The minimum atomic E-state index is -0.381. The quantitative estimate of drug-likeness (QED) is 0.226. The summed E-state index contributed by atoms with van der Waals surface area (Å²) in [4.78, 5) is 2.65. The van der Waals surface area contributed by atoms with Gasteiger partial charge in [-0.3, -0.25) is 0 Å². The molecule has 1 atom stereocenters. The van der Waals surface area contributed by atoms with Gasteiger partial charge in [0.15, 0.2) is 0 Å². The summed E-state index contributed by atoms with van der Waals surface area (Å²) in [6.07, 6.45) is 11.2. The van der Waals surface area contributed by atoms with Gasteiger partial charge in [0.05, 0.1) is 11.5 Å². The van der Waals surface area contributed by atoms with Crippen molar-refractivity contribution < 1.29 is 0 Å². The zero-order valence-electron chi connectivity index (χ0n) is 23.0. The summed E-state index contributed by atoms with van der Waals surface area (Å²) in [7, 11) is 0. The second kappa shape index (κ2) is 12.0. The molecule has 2 nitrogen and oxygen atoms in total. The Hall–Kier alpha value is -3.41. The Bertz CT molecular complexity index is 1280. The number of hydrogen-bond acceptors (Lipinski definition) is 2. The molecule has 1 heterocycles. The third kappa shape index (κ3) is 5.40. The minimum absolute atomic E-state index is 0.304. The van der Waals surface area contributed by atoms with Crippen LogP contribution < -0.4 is 0 Å². The Morgan fingerprint density at radius 1 is 0.763 bits per heavy atom. The van der Waals surface area contributed by atoms with Gasteiger partial charge in [-0.2, -0.15) is 5.26 Å². The number of hydrogen-bond donors (Lipinski definition) is 0. The van der Waals surface area contributed by atoms with E-state index in [0.717, 1.165) is 45.3 Å². The van der Waals surface area contributed by atoms with E-state index < -0.39 is 0 Å². The lowest BCUT2D eigenvalue weighted by Crippen LogP contribution is -2.32. The van der Waals surface area contributed by atoms with Crippen molar-refractivity contribution in [2.24, 2.45) is 5.92 Å². The molecule has 0 radical (unpaired) electrons. The van der Waals surface area contributed by atoms with E-state index in [1.165, 1.54) is 46.2 Å². The van der Waals surface area contributed by atoms with E-state index in [0.29, 0.717) is 5.92 Å². The molecule has 2 heteroatoms. The Balaban J connectivity index is 1.19. The highest BCUT2D eigenvalue weighted by Gasteiger charge is 2.35. The highest BCUT2D eigenvalue weighted by atomic mass is 15.1. The first-order valence-corrected chi connectivity index (χ1v) is 14.4. The molecule has 1 saturated heterocycles. The van der Waals surface area contributed by atoms with E-state index >= 15 is 0 Å². The van der Waals surface area contributed by atoms with Crippen LogP contribution in [-0.2, 0) is 5.41 Å². The first kappa shape index (κ1) is 26.2. The molecule has 38 heavy (non-hydrogen) atoms. The Morgan fingerprint density at radius 2 is 1.34 bits per heavy atom. The van der Waals surface area contributed by atoms with E-state index in [1.54, 1.807) is 5.57 Å². The van der Waals surface area contributed by atoms with E-state index in [9.17, 15) is 5.26 Å². The average Bonchev–Trinajstić information content (AvgIpc) is 3.13. The van der Waals surface area contributed by atoms with Gasteiger partial charge in [0, 0.05) is 13.1 Å². The van der Waals surface area contributed by atoms with Crippen LogP contribution in [0, 0.1) is 17.2 Å². The molecule has 3 aromatic carbocycles. The summed E-state index contributed by atoms with van der Waals surface area (Å²) >= 11 is 0. The van der Waals surface area contributed by atoms with Crippen LogP contribution in [0.4, 0.5) is 0 Å². The molecule has 2 aliphatic rings. The van der Waals surface area contributed by atoms with Crippen molar-refractivity contribution in [2.75, 3.05) is 19.6 Å². The van der Waals surface area contributed by atoms with Crippen molar-refractivity contribution in [1.29, 1.82) is 5.26 Å². The molecule has 5 rings (SSSR count). The summed E-state index contributed by atoms with van der Waals surface area (Å²) < 4.78 is 0. The fraction of sp³-hybridized carbons (Fsp3) is 0.361. The molecule has 0 N–H and O–H groups in total. The molecule has 0 aromatic heterocycles. The maximum Gasteiger partial charge on any atom is 0.0845 e. The number of benzene rings is 3. The van der Waals surface area contributed by atoms with Crippen molar-refractivity contribution in [3.63, 3.8) is 0 Å². The summed E-state index contributed by atoms with van der Waals surface area (Å²) in [6.45, 7) is 7.81. The molecule has 1 aliphatic carbocycles. The van der Waals surface area contributed by atoms with Gasteiger partial charge in [-0.1, -0.05) is 123 Å². The molecule has 1 aliphatic heterocycles. The van der Waals surface area contributed by atoms with Crippen LogP contribution in [0.5, 0.6) is 0 Å². The van der Waals surface area contributed by atoms with Crippen LogP contribution in [0.2, 0.25) is 0 Å². The van der Waals surface area contributed by atoms with Crippen molar-refractivity contribution >= 4 is 17.7 Å². The molecular formula is C36H40N2. The van der Waals surface area contributed by atoms with Gasteiger partial charge < -0.3 is 4.90 Å². The van der Waals surface area contributed by atoms with Gasteiger partial charge in [0.25, 0.3) is 0 Å². The second-order valence-corrected chi connectivity index (χ2v) is 11.2. The van der Waals surface area contributed by atoms with E-state index in [-0.39, 0.29) is 5.41 Å². The lowest BCUT2D eigenvalue weighted by atomic mass is 9.69. The van der Waals surface area contributed by atoms with Gasteiger partial charge in [-0.25, -0.2) is 0 Å². The Labute approximate surface area is 229 Å². The van der Waals surface area contributed by atoms with Gasteiger partial charge in [-0.05, 0) is 71.5 Å². The van der Waals surface area contributed by atoms with E-state index in [4.69, 9.17) is 0 Å². The number of piperidine rings is 1. The number of unbranched alkanes of at least 4 members (excludes halogenated alkanes) is 2. The number of rotatable bonds is 8. The molecule has 1 unspecified atom stereocenters. The van der Waals surface area contributed by atoms with Crippen LogP contribution in [0.25, 0.3) is 17.7 Å². The molecule has 0 bridgehead atoms. The topological polar surface area (TPSA) is 27.0 Å². The predicted octanol–water partition coefficient (Wildman–Crippen LogP) is 8.75. The third-order valence-corrected chi connectivity index (χ3v) is 8.74. The predicted molar refractivity (Wildman–Crippen MR) is 161 cm³/mol. The SMILES string of the molecule is CC(C)C(C#N)(CCCCCN1CCC(=C2c3ccccc3C=Cc3ccccc32)CC1)c1ccccc1. The summed E-state index contributed by atoms with van der Waals surface area (Å²) in [5, 5.41) is 10.2. The molecule has 0 amide bonds. The lowest BCUT2D eigenvalue weighted by molar-refractivity contribution is 0.248. The number of nitriles is 1. The first-order valence-electron chi connectivity index (χ1n) is 14.4. The van der Waals surface area contributed by atoms with Crippen LogP contribution in [0.1, 0.15) is 80.2 Å². The molecule has 1 fully saturated rings. The maximum absolute atomic E-state index is 10.2. The standard InChI is InChI=1S/C36H40N2/c1-28(2)36(27-37,32-15-5-3-6-16-32)23-11-4-12-24-38-25-21-31(22-26-38)35-33-17-9-7-13-29(33)19-20-30-14-8-10-18-34(30)35/h3,5-10,13-20,28H,4,11-12,21-26H2,1-2H3. The molecule has 0 spiro atoms. The maximum atomic E-state index is 10.2.